The van der Waals surface area contributed by atoms with Crippen molar-refractivity contribution in [2.45, 2.75) is 19.9 Å². The molecule has 0 saturated heterocycles. The number of furan rings is 1. The number of amides is 1. The molecule has 0 bridgehead atoms. The van der Waals surface area contributed by atoms with E-state index in [1.54, 1.807) is 6.92 Å². The zero-order chi connectivity index (χ0) is 18.8. The largest absolute Gasteiger partial charge is 0.442 e. The lowest BCUT2D eigenvalue weighted by atomic mass is 10.0. The minimum Gasteiger partial charge on any atom is -0.442 e. The molecule has 0 saturated carbocycles. The van der Waals surface area contributed by atoms with Crippen molar-refractivity contribution in [3.63, 3.8) is 0 Å². The monoisotopic (exact) mass is 354 g/mol. The Kier molecular flexibility index (Phi) is 4.90. The van der Waals surface area contributed by atoms with Crippen LogP contribution in [0.15, 0.2) is 39.8 Å². The van der Waals surface area contributed by atoms with Gasteiger partial charge in [0.1, 0.15) is 11.1 Å². The molecule has 7 heteroatoms. The Labute approximate surface area is 151 Å². The number of aromatic amines is 1. The maximum atomic E-state index is 12.7. The second-order valence-corrected chi connectivity index (χ2v) is 6.55. The van der Waals surface area contributed by atoms with E-state index in [1.165, 1.54) is 11.9 Å². The lowest BCUT2D eigenvalue weighted by Gasteiger charge is -2.25. The highest BCUT2D eigenvalue weighted by Gasteiger charge is 2.23. The van der Waals surface area contributed by atoms with Crippen LogP contribution in [-0.2, 0) is 0 Å². The van der Waals surface area contributed by atoms with Crippen molar-refractivity contribution in [2.24, 2.45) is 0 Å². The first-order valence-electron chi connectivity index (χ1n) is 8.36. The summed E-state index contributed by atoms with van der Waals surface area (Å²) in [6.07, 6.45) is 1.26. The number of benzene rings is 1. The van der Waals surface area contributed by atoms with Gasteiger partial charge in [-0.05, 0) is 33.5 Å². The molecule has 7 nitrogen and oxygen atoms in total. The Morgan fingerprint density at radius 1 is 1.27 bits per heavy atom. The molecule has 26 heavy (non-hydrogen) atoms. The fourth-order valence-electron chi connectivity index (χ4n) is 2.99. The van der Waals surface area contributed by atoms with Crippen LogP contribution in [0.1, 0.15) is 33.3 Å². The van der Waals surface area contributed by atoms with Crippen molar-refractivity contribution in [3.8, 4) is 0 Å². The minimum absolute atomic E-state index is 0.00873. The van der Waals surface area contributed by atoms with E-state index in [0.29, 0.717) is 12.3 Å². The Hall–Kier alpha value is -2.93. The van der Waals surface area contributed by atoms with Crippen LogP contribution in [0.4, 0.5) is 0 Å². The highest BCUT2D eigenvalue weighted by molar-refractivity contribution is 6.06. The molecular weight excluding hydrogens is 332 g/mol. The molecular formula is C19H22N4O3. The fourth-order valence-corrected chi connectivity index (χ4v) is 2.99. The third-order valence-corrected chi connectivity index (χ3v) is 4.44. The molecule has 0 aliphatic heterocycles. The summed E-state index contributed by atoms with van der Waals surface area (Å²) in [5.41, 5.74) is 2.30. The van der Waals surface area contributed by atoms with Gasteiger partial charge in [-0.25, -0.2) is 4.98 Å². The number of H-pyrrole nitrogens is 1. The SMILES string of the molecule is Cc1ccc([C@H](CNC(=O)c2c(C)oc3nc[nH]c(=O)c23)N(C)C)cc1. The zero-order valence-electron chi connectivity index (χ0n) is 15.3. The predicted octanol–water partition coefficient (Wildman–Crippen LogP) is 2.17. The summed E-state index contributed by atoms with van der Waals surface area (Å²) in [4.78, 5) is 33.3. The summed E-state index contributed by atoms with van der Waals surface area (Å²) < 4.78 is 5.45. The summed E-state index contributed by atoms with van der Waals surface area (Å²) in [6, 6.07) is 8.21. The highest BCUT2D eigenvalue weighted by atomic mass is 16.3. The standard InChI is InChI=1S/C19H22N4O3/c1-11-5-7-13(8-6-11)14(23(3)4)9-20-17(24)15-12(2)26-19-16(15)18(25)21-10-22-19/h5-8,10,14H,9H2,1-4H3,(H,20,24)(H,21,22,25)/t14-/m0/s1. The Balaban J connectivity index is 1.85. The Morgan fingerprint density at radius 3 is 2.62 bits per heavy atom. The van der Waals surface area contributed by atoms with Gasteiger partial charge in [0.2, 0.25) is 5.71 Å². The van der Waals surface area contributed by atoms with Crippen LogP contribution in [0.25, 0.3) is 11.1 Å². The molecule has 2 heterocycles. The first kappa shape index (κ1) is 17.9. The topological polar surface area (TPSA) is 91.2 Å². The summed E-state index contributed by atoms with van der Waals surface area (Å²) in [6.45, 7) is 4.09. The number of rotatable bonds is 5. The van der Waals surface area contributed by atoms with Gasteiger partial charge in [0, 0.05) is 6.54 Å². The number of likely N-dealkylation sites (N-methyl/N-ethyl adjacent to an activating group) is 1. The molecule has 0 aliphatic rings. The maximum Gasteiger partial charge on any atom is 0.262 e. The van der Waals surface area contributed by atoms with Crippen LogP contribution < -0.4 is 10.9 Å². The number of hydrogen-bond donors (Lipinski definition) is 2. The summed E-state index contributed by atoms with van der Waals surface area (Å²) in [7, 11) is 3.92. The molecule has 2 N–H and O–H groups in total. The molecule has 0 aliphatic carbocycles. The van der Waals surface area contributed by atoms with Crippen molar-refractivity contribution in [1.82, 2.24) is 20.2 Å². The van der Waals surface area contributed by atoms with E-state index in [-0.39, 0.29) is 34.2 Å². The van der Waals surface area contributed by atoms with Crippen LogP contribution >= 0.6 is 0 Å². The normalized spacial score (nSPS) is 12.5. The number of nitrogens with one attached hydrogen (secondary N) is 2. The van der Waals surface area contributed by atoms with E-state index < -0.39 is 0 Å². The van der Waals surface area contributed by atoms with Crippen LogP contribution in [0.5, 0.6) is 0 Å². The second-order valence-electron chi connectivity index (χ2n) is 6.55. The van der Waals surface area contributed by atoms with E-state index in [4.69, 9.17) is 4.42 Å². The smallest absolute Gasteiger partial charge is 0.262 e. The predicted molar refractivity (Wildman–Crippen MR) is 99.3 cm³/mol. The quantitative estimate of drug-likeness (QED) is 0.733. The van der Waals surface area contributed by atoms with Gasteiger partial charge < -0.3 is 19.6 Å². The third-order valence-electron chi connectivity index (χ3n) is 4.44. The lowest BCUT2D eigenvalue weighted by Crippen LogP contribution is -2.35. The van der Waals surface area contributed by atoms with Gasteiger partial charge in [0.25, 0.3) is 11.5 Å². The van der Waals surface area contributed by atoms with Gasteiger partial charge in [-0.15, -0.1) is 0 Å². The molecule has 1 aromatic carbocycles. The van der Waals surface area contributed by atoms with Gasteiger partial charge in [-0.3, -0.25) is 9.59 Å². The van der Waals surface area contributed by atoms with Crippen molar-refractivity contribution < 1.29 is 9.21 Å². The summed E-state index contributed by atoms with van der Waals surface area (Å²) in [5, 5.41) is 3.10. The Bertz CT molecular complexity index is 986. The minimum atomic E-state index is -0.389. The van der Waals surface area contributed by atoms with Gasteiger partial charge >= 0.3 is 0 Å². The van der Waals surface area contributed by atoms with Gasteiger partial charge in [0.05, 0.1) is 17.9 Å². The lowest BCUT2D eigenvalue weighted by molar-refractivity contribution is 0.0941. The average Bonchev–Trinajstić information content (AvgIpc) is 2.93. The number of hydrogen-bond acceptors (Lipinski definition) is 5. The molecule has 0 spiro atoms. The molecule has 1 amide bonds. The molecule has 0 radical (unpaired) electrons. The Morgan fingerprint density at radius 2 is 1.96 bits per heavy atom. The van der Waals surface area contributed by atoms with Crippen molar-refractivity contribution in [2.75, 3.05) is 20.6 Å². The first-order valence-corrected chi connectivity index (χ1v) is 8.36. The van der Waals surface area contributed by atoms with Crippen molar-refractivity contribution in [1.29, 1.82) is 0 Å². The average molecular weight is 354 g/mol. The fraction of sp³-hybridized carbons (Fsp3) is 0.316. The van der Waals surface area contributed by atoms with Crippen molar-refractivity contribution >= 4 is 17.0 Å². The number of nitrogens with zero attached hydrogens (tertiary/aromatic N) is 2. The molecule has 1 atom stereocenters. The first-order chi connectivity index (χ1) is 12.4. The molecule has 3 rings (SSSR count). The summed E-state index contributed by atoms with van der Waals surface area (Å²) >= 11 is 0. The zero-order valence-corrected chi connectivity index (χ0v) is 15.3. The van der Waals surface area contributed by atoms with Crippen LogP contribution in [0.2, 0.25) is 0 Å². The van der Waals surface area contributed by atoms with Crippen LogP contribution in [0, 0.1) is 13.8 Å². The number of carbonyl (C=O) groups excluding carboxylic acids is 1. The van der Waals surface area contributed by atoms with E-state index in [2.05, 4.69) is 27.4 Å². The number of fused-ring (bicyclic) bond motifs is 1. The van der Waals surface area contributed by atoms with Crippen molar-refractivity contribution in [3.05, 3.63) is 63.4 Å². The molecule has 3 aromatic rings. The molecule has 136 valence electrons. The van der Waals surface area contributed by atoms with Gasteiger partial charge in [-0.1, -0.05) is 29.8 Å². The van der Waals surface area contributed by atoms with Gasteiger partial charge in [0.15, 0.2) is 0 Å². The van der Waals surface area contributed by atoms with E-state index in [9.17, 15) is 9.59 Å². The molecule has 0 unspecified atom stereocenters. The van der Waals surface area contributed by atoms with E-state index in [0.717, 1.165) is 5.56 Å². The highest BCUT2D eigenvalue weighted by Crippen LogP contribution is 2.21. The van der Waals surface area contributed by atoms with E-state index >= 15 is 0 Å². The number of aryl methyl sites for hydroxylation is 2. The van der Waals surface area contributed by atoms with Crippen LogP contribution in [0.3, 0.4) is 0 Å². The summed E-state index contributed by atoms with van der Waals surface area (Å²) in [5.74, 6) is 0.0251. The second kappa shape index (κ2) is 7.13. The number of carbonyl (C=O) groups is 1. The van der Waals surface area contributed by atoms with Crippen LogP contribution in [-0.4, -0.2) is 41.4 Å². The molecule has 2 aromatic heterocycles. The molecule has 0 fully saturated rings. The third kappa shape index (κ3) is 3.39. The number of aromatic nitrogens is 2. The van der Waals surface area contributed by atoms with Gasteiger partial charge in [-0.2, -0.15) is 0 Å². The maximum absolute atomic E-state index is 12.7. The van der Waals surface area contributed by atoms with E-state index in [1.807, 2.05) is 38.1 Å².